The molecule has 0 bridgehead atoms. The van der Waals surface area contributed by atoms with E-state index < -0.39 is 0 Å². The van der Waals surface area contributed by atoms with Crippen LogP contribution in [0.25, 0.3) is 11.1 Å². The molecule has 2 fully saturated rings. The molecule has 0 saturated heterocycles. The van der Waals surface area contributed by atoms with E-state index in [1.165, 1.54) is 56.9 Å². The molecule has 0 spiro atoms. The fraction of sp³-hybridized carbons (Fsp3) is 0.500. The van der Waals surface area contributed by atoms with Gasteiger partial charge in [0.25, 0.3) is 0 Å². The van der Waals surface area contributed by atoms with Crippen molar-refractivity contribution in [1.29, 1.82) is 0 Å². The Morgan fingerprint density at radius 3 is 2.08 bits per heavy atom. The molecule has 0 atom stereocenters. The zero-order valence-electron chi connectivity index (χ0n) is 14.9. The summed E-state index contributed by atoms with van der Waals surface area (Å²) >= 11 is 0. The van der Waals surface area contributed by atoms with Crippen LogP contribution in [0.4, 0.5) is 0 Å². The van der Waals surface area contributed by atoms with Gasteiger partial charge in [0, 0.05) is 0 Å². The zero-order chi connectivity index (χ0) is 16.1. The Balaban J connectivity index is 1.55. The minimum Gasteiger partial charge on any atom is -0.0584 e. The van der Waals surface area contributed by atoms with Gasteiger partial charge in [-0.05, 0) is 89.8 Å². The highest BCUT2D eigenvalue weighted by molar-refractivity contribution is 5.80. The van der Waals surface area contributed by atoms with Crippen molar-refractivity contribution in [2.24, 2.45) is 0 Å². The van der Waals surface area contributed by atoms with E-state index in [0.717, 1.165) is 18.3 Å². The average Bonchev–Trinajstić information content (AvgIpc) is 3.33. The first kappa shape index (κ1) is 14.8. The van der Waals surface area contributed by atoms with Gasteiger partial charge in [-0.1, -0.05) is 56.0 Å². The molecule has 24 heavy (non-hydrogen) atoms. The van der Waals surface area contributed by atoms with Crippen LogP contribution in [0.2, 0.25) is 0 Å². The summed E-state index contributed by atoms with van der Waals surface area (Å²) in [7, 11) is 0. The first-order valence-corrected chi connectivity index (χ1v) is 10.1. The van der Waals surface area contributed by atoms with Gasteiger partial charge in [-0.15, -0.1) is 0 Å². The van der Waals surface area contributed by atoms with Crippen LogP contribution in [0.1, 0.15) is 91.0 Å². The van der Waals surface area contributed by atoms with E-state index in [0.29, 0.717) is 0 Å². The SMILES string of the molecule is Cc1cc(C2CCCC2)cc2c1-c1cc(C3CCCC3)ccc1C2. The Morgan fingerprint density at radius 1 is 0.708 bits per heavy atom. The summed E-state index contributed by atoms with van der Waals surface area (Å²) in [6, 6.07) is 12.4. The maximum Gasteiger partial charge on any atom is -0.00132 e. The summed E-state index contributed by atoms with van der Waals surface area (Å²) in [4.78, 5) is 0. The van der Waals surface area contributed by atoms with Crippen LogP contribution in [0, 0.1) is 6.92 Å². The fourth-order valence-electron chi connectivity index (χ4n) is 5.61. The smallest absolute Gasteiger partial charge is 0.00132 e. The summed E-state index contributed by atoms with van der Waals surface area (Å²) < 4.78 is 0. The van der Waals surface area contributed by atoms with Crippen molar-refractivity contribution < 1.29 is 0 Å². The van der Waals surface area contributed by atoms with Crippen molar-refractivity contribution in [1.82, 2.24) is 0 Å². The third kappa shape index (κ3) is 2.34. The van der Waals surface area contributed by atoms with E-state index >= 15 is 0 Å². The molecule has 2 aromatic rings. The van der Waals surface area contributed by atoms with E-state index in [1.807, 2.05) is 0 Å². The van der Waals surface area contributed by atoms with Crippen molar-refractivity contribution in [3.05, 3.63) is 58.1 Å². The number of rotatable bonds is 2. The summed E-state index contributed by atoms with van der Waals surface area (Å²) in [5.74, 6) is 1.64. The molecule has 0 aromatic heterocycles. The van der Waals surface area contributed by atoms with Gasteiger partial charge >= 0.3 is 0 Å². The maximum absolute atomic E-state index is 2.55. The molecular weight excluding hydrogens is 288 g/mol. The number of fused-ring (bicyclic) bond motifs is 3. The van der Waals surface area contributed by atoms with Crippen molar-refractivity contribution >= 4 is 0 Å². The Hall–Kier alpha value is -1.56. The summed E-state index contributed by atoms with van der Waals surface area (Å²) in [5, 5.41) is 0. The van der Waals surface area contributed by atoms with Gasteiger partial charge in [-0.3, -0.25) is 0 Å². The molecule has 124 valence electrons. The van der Waals surface area contributed by atoms with Crippen LogP contribution < -0.4 is 0 Å². The number of hydrogen-bond donors (Lipinski definition) is 0. The molecule has 3 aliphatic carbocycles. The second kappa shape index (κ2) is 5.76. The lowest BCUT2D eigenvalue weighted by Gasteiger charge is -2.15. The lowest BCUT2D eigenvalue weighted by Crippen LogP contribution is -1.96. The van der Waals surface area contributed by atoms with E-state index in [2.05, 4.69) is 37.3 Å². The van der Waals surface area contributed by atoms with Gasteiger partial charge in [-0.25, -0.2) is 0 Å². The predicted molar refractivity (Wildman–Crippen MR) is 102 cm³/mol. The predicted octanol–water partition coefficient (Wildman–Crippen LogP) is 6.88. The van der Waals surface area contributed by atoms with Crippen LogP contribution in [0.15, 0.2) is 30.3 Å². The molecule has 3 aliphatic rings. The third-order valence-electron chi connectivity index (χ3n) is 6.88. The van der Waals surface area contributed by atoms with Crippen LogP contribution in [0.5, 0.6) is 0 Å². The molecule has 0 heteroatoms. The van der Waals surface area contributed by atoms with Crippen LogP contribution in [0.3, 0.4) is 0 Å². The quantitative estimate of drug-likeness (QED) is 0.483. The molecule has 0 nitrogen and oxygen atoms in total. The van der Waals surface area contributed by atoms with Gasteiger partial charge in [0.2, 0.25) is 0 Å². The Bertz CT molecular complexity index is 771. The molecule has 2 aromatic carbocycles. The Kier molecular flexibility index (Phi) is 3.54. The first-order valence-electron chi connectivity index (χ1n) is 10.1. The van der Waals surface area contributed by atoms with Crippen molar-refractivity contribution in [2.75, 3.05) is 0 Å². The normalized spacial score (nSPS) is 20.5. The van der Waals surface area contributed by atoms with Crippen molar-refractivity contribution in [3.63, 3.8) is 0 Å². The highest BCUT2D eigenvalue weighted by Crippen LogP contribution is 2.45. The maximum atomic E-state index is 2.55. The van der Waals surface area contributed by atoms with E-state index in [1.54, 1.807) is 33.4 Å². The van der Waals surface area contributed by atoms with Crippen LogP contribution in [-0.2, 0) is 6.42 Å². The topological polar surface area (TPSA) is 0 Å². The summed E-state index contributed by atoms with van der Waals surface area (Å²) in [5.41, 5.74) is 11.0. The third-order valence-corrected chi connectivity index (χ3v) is 6.88. The number of benzene rings is 2. The van der Waals surface area contributed by atoms with E-state index in [9.17, 15) is 0 Å². The highest BCUT2D eigenvalue weighted by atomic mass is 14.3. The molecule has 0 radical (unpaired) electrons. The minimum absolute atomic E-state index is 0.817. The van der Waals surface area contributed by atoms with Gasteiger partial charge < -0.3 is 0 Å². The summed E-state index contributed by atoms with van der Waals surface area (Å²) in [6.45, 7) is 2.34. The van der Waals surface area contributed by atoms with Crippen LogP contribution >= 0.6 is 0 Å². The van der Waals surface area contributed by atoms with Gasteiger partial charge in [0.1, 0.15) is 0 Å². The van der Waals surface area contributed by atoms with E-state index in [-0.39, 0.29) is 0 Å². The molecular formula is C24H28. The lowest BCUT2D eigenvalue weighted by atomic mass is 9.89. The van der Waals surface area contributed by atoms with Crippen LogP contribution in [-0.4, -0.2) is 0 Å². The van der Waals surface area contributed by atoms with Crippen molar-refractivity contribution in [2.45, 2.75) is 76.5 Å². The Morgan fingerprint density at radius 2 is 1.38 bits per heavy atom. The summed E-state index contributed by atoms with van der Waals surface area (Å²) in [6.07, 6.45) is 12.4. The molecule has 0 unspecified atom stereocenters. The molecule has 0 heterocycles. The largest absolute Gasteiger partial charge is 0.0584 e. The molecule has 2 saturated carbocycles. The first-order chi connectivity index (χ1) is 11.8. The second-order valence-corrected chi connectivity index (χ2v) is 8.43. The van der Waals surface area contributed by atoms with Crippen molar-refractivity contribution in [3.8, 4) is 11.1 Å². The highest BCUT2D eigenvalue weighted by Gasteiger charge is 2.26. The fourth-order valence-corrected chi connectivity index (χ4v) is 5.61. The second-order valence-electron chi connectivity index (χ2n) is 8.43. The lowest BCUT2D eigenvalue weighted by molar-refractivity contribution is 0.721. The zero-order valence-corrected chi connectivity index (χ0v) is 14.9. The van der Waals surface area contributed by atoms with Gasteiger partial charge in [0.05, 0.1) is 0 Å². The molecule has 0 N–H and O–H groups in total. The van der Waals surface area contributed by atoms with Gasteiger partial charge in [-0.2, -0.15) is 0 Å². The Labute approximate surface area is 146 Å². The minimum atomic E-state index is 0.817. The monoisotopic (exact) mass is 316 g/mol. The molecule has 0 aliphatic heterocycles. The standard InChI is InChI=1S/C24H28/c1-16-12-21(18-8-4-5-9-18)14-22-13-20-11-10-19(15-23(20)24(16)22)17-6-2-3-7-17/h10-12,14-15,17-18H,2-9,13H2,1H3. The number of hydrogen-bond acceptors (Lipinski definition) is 0. The molecule has 5 rings (SSSR count). The van der Waals surface area contributed by atoms with Gasteiger partial charge in [0.15, 0.2) is 0 Å². The molecule has 0 amide bonds. The number of aryl methyl sites for hydroxylation is 1. The average molecular weight is 316 g/mol. The van der Waals surface area contributed by atoms with E-state index in [4.69, 9.17) is 0 Å².